The number of rotatable bonds is 1. The number of alkyl halides is 3. The van der Waals surface area contributed by atoms with E-state index in [2.05, 4.69) is 15.9 Å². The van der Waals surface area contributed by atoms with E-state index in [1.54, 1.807) is 0 Å². The molecule has 0 saturated carbocycles. The fraction of sp³-hybridized carbons (Fsp3) is 0.250. The van der Waals surface area contributed by atoms with Gasteiger partial charge in [0.05, 0.1) is 4.47 Å². The minimum atomic E-state index is -4.73. The van der Waals surface area contributed by atoms with Gasteiger partial charge < -0.3 is 5.73 Å². The van der Waals surface area contributed by atoms with E-state index in [1.807, 2.05) is 0 Å². The van der Waals surface area contributed by atoms with Crippen LogP contribution in [0.4, 0.5) is 22.0 Å². The van der Waals surface area contributed by atoms with E-state index in [1.165, 1.54) is 0 Å². The SMILES string of the molecule is N[C@@H](c1cc(F)c(Br)c(F)c1)C(F)(F)F. The van der Waals surface area contributed by atoms with E-state index in [4.69, 9.17) is 5.73 Å². The van der Waals surface area contributed by atoms with E-state index in [-0.39, 0.29) is 0 Å². The van der Waals surface area contributed by atoms with Crippen LogP contribution in [0.5, 0.6) is 0 Å². The van der Waals surface area contributed by atoms with Gasteiger partial charge in [-0.25, -0.2) is 8.78 Å². The van der Waals surface area contributed by atoms with E-state index in [0.29, 0.717) is 12.1 Å². The molecular weight excluding hydrogens is 285 g/mol. The molecule has 0 bridgehead atoms. The maximum Gasteiger partial charge on any atom is 0.407 e. The predicted molar refractivity (Wildman–Crippen MR) is 47.0 cm³/mol. The van der Waals surface area contributed by atoms with Crippen molar-refractivity contribution < 1.29 is 22.0 Å². The second kappa shape index (κ2) is 4.05. The summed E-state index contributed by atoms with van der Waals surface area (Å²) in [5, 5.41) is 0. The first kappa shape index (κ1) is 12.4. The molecule has 0 aliphatic rings. The van der Waals surface area contributed by atoms with Crippen LogP contribution in [0.1, 0.15) is 11.6 Å². The third-order valence-corrected chi connectivity index (χ3v) is 2.48. The molecule has 1 nitrogen and oxygen atoms in total. The van der Waals surface area contributed by atoms with Gasteiger partial charge in [0.25, 0.3) is 0 Å². The number of hydrogen-bond acceptors (Lipinski definition) is 1. The molecule has 0 saturated heterocycles. The Kier molecular flexibility index (Phi) is 3.34. The molecule has 0 aromatic heterocycles. The van der Waals surface area contributed by atoms with Crippen LogP contribution in [-0.2, 0) is 0 Å². The standard InChI is InChI=1S/C8H5BrF5N/c9-6-4(10)1-3(2-5(6)11)7(15)8(12,13)14/h1-2,7H,15H2/t7-/m0/s1. The molecule has 1 aromatic carbocycles. The van der Waals surface area contributed by atoms with E-state index in [9.17, 15) is 22.0 Å². The Balaban J connectivity index is 3.17. The average Bonchev–Trinajstić information content (AvgIpc) is 2.10. The zero-order chi connectivity index (χ0) is 11.8. The topological polar surface area (TPSA) is 26.0 Å². The lowest BCUT2D eigenvalue weighted by Crippen LogP contribution is -2.28. The van der Waals surface area contributed by atoms with Crippen molar-refractivity contribution in [3.8, 4) is 0 Å². The van der Waals surface area contributed by atoms with Crippen molar-refractivity contribution in [1.82, 2.24) is 0 Å². The molecule has 0 aliphatic heterocycles. The van der Waals surface area contributed by atoms with Crippen LogP contribution in [-0.4, -0.2) is 6.18 Å². The van der Waals surface area contributed by atoms with Crippen LogP contribution in [0.2, 0.25) is 0 Å². The summed E-state index contributed by atoms with van der Waals surface area (Å²) in [4.78, 5) is 0. The summed E-state index contributed by atoms with van der Waals surface area (Å²) in [5.74, 6) is -2.24. The van der Waals surface area contributed by atoms with Crippen molar-refractivity contribution in [3.63, 3.8) is 0 Å². The highest BCUT2D eigenvalue weighted by molar-refractivity contribution is 9.10. The summed E-state index contributed by atoms with van der Waals surface area (Å²) in [6.45, 7) is 0. The third-order valence-electron chi connectivity index (χ3n) is 1.72. The molecule has 84 valence electrons. The van der Waals surface area contributed by atoms with Crippen molar-refractivity contribution in [2.24, 2.45) is 5.73 Å². The largest absolute Gasteiger partial charge is 0.407 e. The van der Waals surface area contributed by atoms with Gasteiger partial charge in [-0.3, -0.25) is 0 Å². The molecule has 0 amide bonds. The van der Waals surface area contributed by atoms with Crippen LogP contribution in [0, 0.1) is 11.6 Å². The molecule has 0 heterocycles. The molecule has 0 radical (unpaired) electrons. The second-order valence-electron chi connectivity index (χ2n) is 2.82. The third kappa shape index (κ3) is 2.66. The van der Waals surface area contributed by atoms with Gasteiger partial charge in [-0.15, -0.1) is 0 Å². The van der Waals surface area contributed by atoms with Gasteiger partial charge in [0.2, 0.25) is 0 Å². The summed E-state index contributed by atoms with van der Waals surface area (Å²) < 4.78 is 61.6. The van der Waals surface area contributed by atoms with Crippen LogP contribution in [0.15, 0.2) is 16.6 Å². The van der Waals surface area contributed by atoms with Gasteiger partial charge in [-0.05, 0) is 33.6 Å². The van der Waals surface area contributed by atoms with Gasteiger partial charge in [0.15, 0.2) is 0 Å². The number of benzene rings is 1. The van der Waals surface area contributed by atoms with Gasteiger partial charge in [-0.2, -0.15) is 13.2 Å². The quantitative estimate of drug-likeness (QED) is 0.623. The van der Waals surface area contributed by atoms with Gasteiger partial charge in [0, 0.05) is 0 Å². The highest BCUT2D eigenvalue weighted by atomic mass is 79.9. The lowest BCUT2D eigenvalue weighted by molar-refractivity contribution is -0.149. The zero-order valence-electron chi connectivity index (χ0n) is 7.08. The molecule has 0 spiro atoms. The molecule has 7 heteroatoms. The fourth-order valence-electron chi connectivity index (χ4n) is 0.944. The Hall–Kier alpha value is -0.690. The highest BCUT2D eigenvalue weighted by Crippen LogP contribution is 2.32. The minimum Gasteiger partial charge on any atom is -0.316 e. The number of halogens is 6. The molecule has 1 rings (SSSR count). The van der Waals surface area contributed by atoms with E-state index >= 15 is 0 Å². The Labute approximate surface area is 90.2 Å². The maximum absolute atomic E-state index is 12.9. The van der Waals surface area contributed by atoms with Crippen molar-refractivity contribution in [2.75, 3.05) is 0 Å². The Bertz CT molecular complexity index is 353. The summed E-state index contributed by atoms with van der Waals surface area (Å²) in [5.41, 5.74) is 4.13. The first-order valence-corrected chi connectivity index (χ1v) is 4.49. The van der Waals surface area contributed by atoms with Crippen molar-refractivity contribution >= 4 is 15.9 Å². The lowest BCUT2D eigenvalue weighted by Gasteiger charge is -2.16. The molecular formula is C8H5BrF5N. The molecule has 0 fully saturated rings. The molecule has 15 heavy (non-hydrogen) atoms. The number of hydrogen-bond donors (Lipinski definition) is 1. The minimum absolute atomic E-state index is 0.513. The Morgan fingerprint density at radius 2 is 1.53 bits per heavy atom. The molecule has 1 atom stereocenters. The van der Waals surface area contributed by atoms with Crippen molar-refractivity contribution in [3.05, 3.63) is 33.8 Å². The zero-order valence-corrected chi connectivity index (χ0v) is 8.66. The Morgan fingerprint density at radius 3 is 1.87 bits per heavy atom. The normalized spacial score (nSPS) is 14.1. The maximum atomic E-state index is 12.9. The van der Waals surface area contributed by atoms with E-state index < -0.39 is 33.9 Å². The van der Waals surface area contributed by atoms with E-state index in [0.717, 1.165) is 0 Å². The van der Waals surface area contributed by atoms with Crippen molar-refractivity contribution in [1.29, 1.82) is 0 Å². The summed E-state index contributed by atoms with van der Waals surface area (Å²) >= 11 is 2.54. The Morgan fingerprint density at radius 1 is 1.13 bits per heavy atom. The van der Waals surface area contributed by atoms with Crippen LogP contribution in [0.3, 0.4) is 0 Å². The lowest BCUT2D eigenvalue weighted by atomic mass is 10.1. The van der Waals surface area contributed by atoms with Gasteiger partial charge in [-0.1, -0.05) is 0 Å². The molecule has 0 unspecified atom stereocenters. The second-order valence-corrected chi connectivity index (χ2v) is 3.61. The highest BCUT2D eigenvalue weighted by Gasteiger charge is 2.38. The predicted octanol–water partition coefficient (Wildman–Crippen LogP) is 3.29. The first-order valence-electron chi connectivity index (χ1n) is 3.70. The average molecular weight is 290 g/mol. The molecule has 1 aromatic rings. The molecule has 0 aliphatic carbocycles. The number of nitrogens with two attached hydrogens (primary N) is 1. The van der Waals surface area contributed by atoms with Gasteiger partial charge >= 0.3 is 6.18 Å². The summed E-state index contributed by atoms with van der Waals surface area (Å²) in [6.07, 6.45) is -4.73. The summed E-state index contributed by atoms with van der Waals surface area (Å²) in [7, 11) is 0. The van der Waals surface area contributed by atoms with Crippen LogP contribution in [0.25, 0.3) is 0 Å². The van der Waals surface area contributed by atoms with Crippen LogP contribution >= 0.6 is 15.9 Å². The fourth-order valence-corrected chi connectivity index (χ4v) is 1.17. The monoisotopic (exact) mass is 289 g/mol. The molecule has 2 N–H and O–H groups in total. The van der Waals surface area contributed by atoms with Crippen molar-refractivity contribution in [2.45, 2.75) is 12.2 Å². The van der Waals surface area contributed by atoms with Crippen LogP contribution < -0.4 is 5.73 Å². The first-order chi connectivity index (χ1) is 6.73. The smallest absolute Gasteiger partial charge is 0.316 e. The van der Waals surface area contributed by atoms with Gasteiger partial charge in [0.1, 0.15) is 17.7 Å². The summed E-state index contributed by atoms with van der Waals surface area (Å²) in [6, 6.07) is -1.30.